The van der Waals surface area contributed by atoms with Crippen molar-refractivity contribution in [2.75, 3.05) is 0 Å². The second kappa shape index (κ2) is 16.4. The molecule has 0 saturated carbocycles. The molecule has 304 valence electrons. The van der Waals surface area contributed by atoms with Gasteiger partial charge in [-0.1, -0.05) is 212 Å². The fourth-order valence-electron chi connectivity index (χ4n) is 9.12. The molecule has 0 fully saturated rings. The average Bonchev–Trinajstić information content (AvgIpc) is 3.77. The zero-order valence-electron chi connectivity index (χ0n) is 35.3. The number of benzene rings is 10. The van der Waals surface area contributed by atoms with Gasteiger partial charge in [0.2, 0.25) is 0 Å². The summed E-state index contributed by atoms with van der Waals surface area (Å²) in [6, 6.07) is 84.1. The number of hydrogen-bond donors (Lipinski definition) is 0. The number of thiophene rings is 1. The third kappa shape index (κ3) is 7.26. The molecule has 0 aliphatic rings. The van der Waals surface area contributed by atoms with Crippen LogP contribution in [0.15, 0.2) is 237 Å². The Morgan fingerprint density at radius 2 is 0.662 bits per heavy atom. The second-order valence-electron chi connectivity index (χ2n) is 16.3. The van der Waals surface area contributed by atoms with Crippen LogP contribution in [0, 0.1) is 0 Å². The van der Waals surface area contributed by atoms with Gasteiger partial charge < -0.3 is 0 Å². The lowest BCUT2D eigenvalue weighted by Crippen LogP contribution is -2.01. The molecular weight excluding hydrogens is 807 g/mol. The Morgan fingerprint density at radius 3 is 1.37 bits per heavy atom. The van der Waals surface area contributed by atoms with Gasteiger partial charge in [-0.2, -0.15) is 0 Å². The quantitative estimate of drug-likeness (QED) is 0.153. The van der Waals surface area contributed by atoms with Crippen LogP contribution in [0.2, 0.25) is 0 Å². The van der Waals surface area contributed by atoms with Crippen molar-refractivity contribution in [2.24, 2.45) is 0 Å². The SMILES string of the molecule is c1ccc(-c2cccc(-c3nc(-c4ccc(-c5ccc(-c6ccc(-c7ccc8sc9ccccc9c8c7)c7ccccc67)cc5)cc4)nc(-c4ccccc4-c4ccccc4)n3)c2)cc1. The highest BCUT2D eigenvalue weighted by atomic mass is 32.1. The van der Waals surface area contributed by atoms with Crippen LogP contribution in [0.5, 0.6) is 0 Å². The Balaban J connectivity index is 0.881. The maximum atomic E-state index is 5.17. The summed E-state index contributed by atoms with van der Waals surface area (Å²) < 4.78 is 2.65. The van der Waals surface area contributed by atoms with E-state index in [0.29, 0.717) is 17.5 Å². The van der Waals surface area contributed by atoms with Crippen molar-refractivity contribution in [1.29, 1.82) is 0 Å². The van der Waals surface area contributed by atoms with E-state index in [2.05, 4.69) is 218 Å². The van der Waals surface area contributed by atoms with Crippen molar-refractivity contribution in [3.8, 4) is 89.8 Å². The molecule has 0 aliphatic carbocycles. The maximum absolute atomic E-state index is 5.17. The molecule has 0 saturated heterocycles. The van der Waals surface area contributed by atoms with Crippen LogP contribution < -0.4 is 0 Å². The van der Waals surface area contributed by atoms with E-state index in [4.69, 9.17) is 15.0 Å². The first-order valence-corrected chi connectivity index (χ1v) is 22.7. The molecule has 12 rings (SSSR count). The topological polar surface area (TPSA) is 38.7 Å². The Bertz CT molecular complexity index is 3690. The van der Waals surface area contributed by atoms with E-state index in [9.17, 15) is 0 Å². The monoisotopic (exact) mass is 845 g/mol. The number of hydrogen-bond acceptors (Lipinski definition) is 4. The molecule has 0 N–H and O–H groups in total. The molecule has 65 heavy (non-hydrogen) atoms. The summed E-state index contributed by atoms with van der Waals surface area (Å²) in [6.07, 6.45) is 0. The zero-order valence-corrected chi connectivity index (χ0v) is 36.1. The molecule has 0 spiro atoms. The zero-order chi connectivity index (χ0) is 43.1. The summed E-state index contributed by atoms with van der Waals surface area (Å²) in [5.41, 5.74) is 14.4. The molecule has 0 unspecified atom stereocenters. The van der Waals surface area contributed by atoms with Crippen LogP contribution in [0.1, 0.15) is 0 Å². The minimum atomic E-state index is 0.624. The van der Waals surface area contributed by atoms with E-state index in [1.807, 2.05) is 29.5 Å². The average molecular weight is 846 g/mol. The Kier molecular flexibility index (Phi) is 9.70. The fraction of sp³-hybridized carbons (Fsp3) is 0. The maximum Gasteiger partial charge on any atom is 0.164 e. The highest BCUT2D eigenvalue weighted by Crippen LogP contribution is 2.41. The summed E-state index contributed by atoms with van der Waals surface area (Å²) in [5, 5.41) is 5.13. The molecule has 0 radical (unpaired) electrons. The first kappa shape index (κ1) is 38.4. The van der Waals surface area contributed by atoms with Gasteiger partial charge in [0.15, 0.2) is 17.5 Å². The third-order valence-corrected chi connectivity index (χ3v) is 13.6. The lowest BCUT2D eigenvalue weighted by molar-refractivity contribution is 1.07. The van der Waals surface area contributed by atoms with E-state index in [1.54, 1.807) is 0 Å². The molecule has 0 aliphatic heterocycles. The standard InChI is InChI=1S/C61H39N3S/c1-3-14-40(15-4-1)46-18-13-19-48(38-46)60-62-59(63-61(64-60)55-24-10-7-20-49(55)43-16-5-2-6-17-43)45-32-28-42(29-33-45)41-26-30-44(31-27-41)50-35-36-51(53-22-9-8-21-52(50)53)47-34-37-58-56(39-47)54-23-11-12-25-57(54)65-58/h1-39H. The summed E-state index contributed by atoms with van der Waals surface area (Å²) >= 11 is 1.86. The van der Waals surface area contributed by atoms with Gasteiger partial charge in [-0.3, -0.25) is 0 Å². The second-order valence-corrected chi connectivity index (χ2v) is 17.4. The highest BCUT2D eigenvalue weighted by molar-refractivity contribution is 7.25. The molecular formula is C61H39N3S. The van der Waals surface area contributed by atoms with Gasteiger partial charge in [0.25, 0.3) is 0 Å². The van der Waals surface area contributed by atoms with Gasteiger partial charge in [-0.25, -0.2) is 15.0 Å². The minimum Gasteiger partial charge on any atom is -0.208 e. The molecule has 4 heteroatoms. The Morgan fingerprint density at radius 1 is 0.215 bits per heavy atom. The van der Waals surface area contributed by atoms with Crippen LogP contribution in [0.25, 0.3) is 121 Å². The molecule has 3 nitrogen and oxygen atoms in total. The Hall–Kier alpha value is -8.31. The first-order chi connectivity index (χ1) is 32.2. The molecule has 2 heterocycles. The lowest BCUT2D eigenvalue weighted by Gasteiger charge is -2.13. The highest BCUT2D eigenvalue weighted by Gasteiger charge is 2.17. The van der Waals surface area contributed by atoms with Gasteiger partial charge in [-0.05, 0) is 90.7 Å². The Labute approximate surface area is 381 Å². The molecule has 10 aromatic carbocycles. The van der Waals surface area contributed by atoms with Gasteiger partial charge in [0.05, 0.1) is 0 Å². The van der Waals surface area contributed by atoms with Crippen molar-refractivity contribution < 1.29 is 0 Å². The number of fused-ring (bicyclic) bond motifs is 4. The van der Waals surface area contributed by atoms with E-state index in [1.165, 1.54) is 53.2 Å². The predicted molar refractivity (Wildman–Crippen MR) is 274 cm³/mol. The third-order valence-electron chi connectivity index (χ3n) is 12.4. The van der Waals surface area contributed by atoms with Crippen molar-refractivity contribution in [2.45, 2.75) is 0 Å². The normalized spacial score (nSPS) is 11.4. The van der Waals surface area contributed by atoms with E-state index in [-0.39, 0.29) is 0 Å². The largest absolute Gasteiger partial charge is 0.208 e. The van der Waals surface area contributed by atoms with Crippen molar-refractivity contribution in [3.63, 3.8) is 0 Å². The van der Waals surface area contributed by atoms with Crippen LogP contribution in [-0.4, -0.2) is 15.0 Å². The molecule has 0 atom stereocenters. The van der Waals surface area contributed by atoms with Gasteiger partial charge >= 0.3 is 0 Å². The molecule has 0 bridgehead atoms. The minimum absolute atomic E-state index is 0.624. The van der Waals surface area contributed by atoms with E-state index in [0.717, 1.165) is 50.1 Å². The van der Waals surface area contributed by atoms with Gasteiger partial charge in [0.1, 0.15) is 0 Å². The van der Waals surface area contributed by atoms with Crippen molar-refractivity contribution in [1.82, 2.24) is 15.0 Å². The van der Waals surface area contributed by atoms with Crippen LogP contribution >= 0.6 is 11.3 Å². The van der Waals surface area contributed by atoms with Crippen LogP contribution in [-0.2, 0) is 0 Å². The summed E-state index contributed by atoms with van der Waals surface area (Å²) in [6.45, 7) is 0. The first-order valence-electron chi connectivity index (χ1n) is 21.9. The van der Waals surface area contributed by atoms with Crippen molar-refractivity contribution in [3.05, 3.63) is 237 Å². The predicted octanol–water partition coefficient (Wildman–Crippen LogP) is 16.7. The smallest absolute Gasteiger partial charge is 0.164 e. The number of rotatable bonds is 8. The molecule has 2 aromatic heterocycles. The van der Waals surface area contributed by atoms with E-state index >= 15 is 0 Å². The summed E-state index contributed by atoms with van der Waals surface area (Å²) in [4.78, 5) is 15.5. The van der Waals surface area contributed by atoms with Gasteiger partial charge in [0, 0.05) is 36.9 Å². The van der Waals surface area contributed by atoms with Gasteiger partial charge in [-0.15, -0.1) is 11.3 Å². The van der Waals surface area contributed by atoms with Crippen LogP contribution in [0.4, 0.5) is 0 Å². The molecule has 12 aromatic rings. The number of aromatic nitrogens is 3. The van der Waals surface area contributed by atoms with Crippen molar-refractivity contribution >= 4 is 42.3 Å². The fourth-order valence-corrected chi connectivity index (χ4v) is 10.2. The summed E-state index contributed by atoms with van der Waals surface area (Å²) in [5.74, 6) is 1.88. The molecule has 0 amide bonds. The lowest BCUT2D eigenvalue weighted by atomic mass is 9.91. The van der Waals surface area contributed by atoms with E-state index < -0.39 is 0 Å². The van der Waals surface area contributed by atoms with Crippen LogP contribution in [0.3, 0.4) is 0 Å². The number of nitrogens with zero attached hydrogens (tertiary/aromatic N) is 3. The summed E-state index contributed by atoms with van der Waals surface area (Å²) in [7, 11) is 0.